The number of carbonyl (C=O) groups is 1. The molecule has 2 aliphatic rings. The van der Waals surface area contributed by atoms with Crippen molar-refractivity contribution in [1.29, 1.82) is 0 Å². The van der Waals surface area contributed by atoms with Crippen LogP contribution in [0, 0.1) is 17.6 Å². The lowest BCUT2D eigenvalue weighted by Crippen LogP contribution is -2.45. The first-order valence-corrected chi connectivity index (χ1v) is 11.7. The summed E-state index contributed by atoms with van der Waals surface area (Å²) in [6.45, 7) is 1.95. The summed E-state index contributed by atoms with van der Waals surface area (Å²) in [6, 6.07) is 6.11. The van der Waals surface area contributed by atoms with Crippen molar-refractivity contribution in [3.05, 3.63) is 47.7 Å². The fraction of sp³-hybridized carbons (Fsp3) is 0.400. The Balaban J connectivity index is 1.44. The number of fused-ring (bicyclic) bond motifs is 2. The standard InChI is InChI=1S/C25H26F2N6O/c1-31-23-20(8-16(11-29-23)25(34)32-6-2-3-17(28)13-32)30-24(31)22-9-15-7-18(26)19(27)10-21(15)33(22)12-14-4-5-14/h7-11,14,17H,2-6,12-13,28H2,1H3/t17-/m1/s1. The van der Waals surface area contributed by atoms with Gasteiger partial charge in [0.05, 0.1) is 16.8 Å². The Morgan fingerprint density at radius 1 is 1.15 bits per heavy atom. The number of benzene rings is 1. The number of amides is 1. The van der Waals surface area contributed by atoms with Crippen LogP contribution in [-0.4, -0.2) is 49.0 Å². The fourth-order valence-electron chi connectivity index (χ4n) is 5.00. The Morgan fingerprint density at radius 3 is 2.71 bits per heavy atom. The molecule has 176 valence electrons. The number of aromatic nitrogens is 4. The molecule has 6 rings (SSSR count). The third-order valence-corrected chi connectivity index (χ3v) is 7.01. The maximum absolute atomic E-state index is 14.1. The molecule has 0 unspecified atom stereocenters. The number of imidazole rings is 1. The van der Waals surface area contributed by atoms with Crippen LogP contribution in [0.4, 0.5) is 8.78 Å². The van der Waals surface area contributed by atoms with Gasteiger partial charge in [0, 0.05) is 50.4 Å². The smallest absolute Gasteiger partial charge is 0.255 e. The second kappa shape index (κ2) is 7.87. The average Bonchev–Trinajstić information content (AvgIpc) is 3.51. The number of rotatable bonds is 4. The molecule has 1 saturated heterocycles. The number of nitrogens with zero attached hydrogens (tertiary/aromatic N) is 5. The molecule has 3 aromatic heterocycles. The molecule has 7 nitrogen and oxygen atoms in total. The quantitative estimate of drug-likeness (QED) is 0.498. The summed E-state index contributed by atoms with van der Waals surface area (Å²) < 4.78 is 31.9. The summed E-state index contributed by atoms with van der Waals surface area (Å²) in [6.07, 6.45) is 5.65. The lowest BCUT2D eigenvalue weighted by molar-refractivity contribution is 0.0708. The van der Waals surface area contributed by atoms with Crippen molar-refractivity contribution in [3.8, 4) is 11.5 Å². The molecule has 1 atom stereocenters. The van der Waals surface area contributed by atoms with E-state index in [-0.39, 0.29) is 11.9 Å². The zero-order valence-electron chi connectivity index (χ0n) is 19.0. The molecular formula is C25H26F2N6O. The van der Waals surface area contributed by atoms with Gasteiger partial charge in [-0.25, -0.2) is 18.7 Å². The molecule has 0 bridgehead atoms. The molecule has 1 aromatic carbocycles. The Kier molecular flexibility index (Phi) is 4.91. The first kappa shape index (κ1) is 21.2. The van der Waals surface area contributed by atoms with E-state index >= 15 is 0 Å². The van der Waals surface area contributed by atoms with Crippen LogP contribution in [0.25, 0.3) is 33.6 Å². The first-order chi connectivity index (χ1) is 16.4. The van der Waals surface area contributed by atoms with Crippen LogP contribution in [0.2, 0.25) is 0 Å². The number of piperidine rings is 1. The maximum Gasteiger partial charge on any atom is 0.255 e. The monoisotopic (exact) mass is 464 g/mol. The largest absolute Gasteiger partial charge is 0.338 e. The van der Waals surface area contributed by atoms with Gasteiger partial charge in [-0.3, -0.25) is 4.79 Å². The van der Waals surface area contributed by atoms with Gasteiger partial charge >= 0.3 is 0 Å². The average molecular weight is 465 g/mol. The molecule has 0 spiro atoms. The molecule has 4 heterocycles. The van der Waals surface area contributed by atoms with Crippen LogP contribution in [0.1, 0.15) is 36.0 Å². The summed E-state index contributed by atoms with van der Waals surface area (Å²) in [5.74, 6) is -0.651. The molecule has 1 aliphatic carbocycles. The van der Waals surface area contributed by atoms with E-state index in [1.807, 2.05) is 22.2 Å². The topological polar surface area (TPSA) is 82.0 Å². The second-order valence-corrected chi connectivity index (χ2v) is 9.62. The first-order valence-electron chi connectivity index (χ1n) is 11.7. The molecule has 2 fully saturated rings. The van der Waals surface area contributed by atoms with Gasteiger partial charge in [0.25, 0.3) is 5.91 Å². The van der Waals surface area contributed by atoms with Crippen LogP contribution in [0.15, 0.2) is 30.5 Å². The molecule has 1 amide bonds. The third kappa shape index (κ3) is 3.55. The summed E-state index contributed by atoms with van der Waals surface area (Å²) in [5.41, 5.74) is 9.20. The van der Waals surface area contributed by atoms with Gasteiger partial charge in [-0.1, -0.05) is 0 Å². The van der Waals surface area contributed by atoms with Crippen molar-refractivity contribution in [2.24, 2.45) is 18.7 Å². The molecular weight excluding hydrogens is 438 g/mol. The maximum atomic E-state index is 14.1. The lowest BCUT2D eigenvalue weighted by atomic mass is 10.1. The van der Waals surface area contributed by atoms with Crippen molar-refractivity contribution < 1.29 is 13.6 Å². The van der Waals surface area contributed by atoms with Crippen molar-refractivity contribution in [2.75, 3.05) is 13.1 Å². The van der Waals surface area contributed by atoms with Crippen LogP contribution in [0.3, 0.4) is 0 Å². The van der Waals surface area contributed by atoms with E-state index in [2.05, 4.69) is 4.98 Å². The summed E-state index contributed by atoms with van der Waals surface area (Å²) in [5, 5.41) is 0.631. The highest BCUT2D eigenvalue weighted by Gasteiger charge is 2.27. The summed E-state index contributed by atoms with van der Waals surface area (Å²) in [7, 11) is 1.86. The molecule has 9 heteroatoms. The van der Waals surface area contributed by atoms with E-state index in [0.29, 0.717) is 52.5 Å². The molecule has 4 aromatic rings. The van der Waals surface area contributed by atoms with E-state index in [4.69, 9.17) is 10.7 Å². The van der Waals surface area contributed by atoms with E-state index in [9.17, 15) is 13.6 Å². The van der Waals surface area contributed by atoms with Gasteiger partial charge in [-0.05, 0) is 49.8 Å². The number of hydrogen-bond donors (Lipinski definition) is 1. The molecule has 0 radical (unpaired) electrons. The van der Waals surface area contributed by atoms with Crippen LogP contribution in [-0.2, 0) is 13.6 Å². The van der Waals surface area contributed by atoms with Crippen LogP contribution >= 0.6 is 0 Å². The minimum absolute atomic E-state index is 0.00102. The van der Waals surface area contributed by atoms with Crippen molar-refractivity contribution >= 4 is 28.0 Å². The Hall–Kier alpha value is -3.33. The highest BCUT2D eigenvalue weighted by Crippen LogP contribution is 2.36. The van der Waals surface area contributed by atoms with Crippen LogP contribution in [0.5, 0.6) is 0 Å². The van der Waals surface area contributed by atoms with Gasteiger partial charge in [-0.15, -0.1) is 0 Å². The predicted octanol–water partition coefficient (Wildman–Crippen LogP) is 3.84. The number of hydrogen-bond acceptors (Lipinski definition) is 4. The van der Waals surface area contributed by atoms with Crippen molar-refractivity contribution in [3.63, 3.8) is 0 Å². The van der Waals surface area contributed by atoms with Gasteiger partial charge in [-0.2, -0.15) is 0 Å². The molecule has 1 aliphatic heterocycles. The van der Waals surface area contributed by atoms with Crippen LogP contribution < -0.4 is 5.73 Å². The van der Waals surface area contributed by atoms with E-state index in [1.165, 1.54) is 12.1 Å². The SMILES string of the molecule is Cn1c(-c2cc3cc(F)c(F)cc3n2CC2CC2)nc2cc(C(=O)N3CCC[C@@H](N)C3)cnc21. The van der Waals surface area contributed by atoms with E-state index in [0.717, 1.165) is 37.9 Å². The van der Waals surface area contributed by atoms with Crippen molar-refractivity contribution in [1.82, 2.24) is 24.0 Å². The number of halogens is 2. The van der Waals surface area contributed by atoms with E-state index in [1.54, 1.807) is 17.2 Å². The second-order valence-electron chi connectivity index (χ2n) is 9.62. The number of aryl methyl sites for hydroxylation is 1. The third-order valence-electron chi connectivity index (χ3n) is 7.01. The Labute approximate surface area is 195 Å². The predicted molar refractivity (Wildman–Crippen MR) is 125 cm³/mol. The molecule has 1 saturated carbocycles. The zero-order chi connectivity index (χ0) is 23.6. The van der Waals surface area contributed by atoms with E-state index < -0.39 is 11.6 Å². The Morgan fingerprint density at radius 2 is 1.94 bits per heavy atom. The highest BCUT2D eigenvalue weighted by atomic mass is 19.2. The minimum Gasteiger partial charge on any atom is -0.338 e. The number of nitrogens with two attached hydrogens (primary N) is 1. The zero-order valence-corrected chi connectivity index (χ0v) is 19.0. The number of pyridine rings is 1. The van der Waals surface area contributed by atoms with Gasteiger partial charge in [0.2, 0.25) is 0 Å². The number of likely N-dealkylation sites (tertiary alicyclic amines) is 1. The minimum atomic E-state index is -0.866. The number of carbonyl (C=O) groups excluding carboxylic acids is 1. The van der Waals surface area contributed by atoms with Gasteiger partial charge in [0.15, 0.2) is 23.1 Å². The van der Waals surface area contributed by atoms with Gasteiger partial charge < -0.3 is 19.8 Å². The normalized spacial score (nSPS) is 18.8. The summed E-state index contributed by atoms with van der Waals surface area (Å²) in [4.78, 5) is 24.2. The fourth-order valence-corrected chi connectivity index (χ4v) is 5.00. The van der Waals surface area contributed by atoms with Gasteiger partial charge in [0.1, 0.15) is 5.52 Å². The van der Waals surface area contributed by atoms with Crippen molar-refractivity contribution in [2.45, 2.75) is 38.3 Å². The lowest BCUT2D eigenvalue weighted by Gasteiger charge is -2.30. The highest BCUT2D eigenvalue weighted by molar-refractivity contribution is 5.97. The Bertz CT molecular complexity index is 1440. The summed E-state index contributed by atoms with van der Waals surface area (Å²) >= 11 is 0. The molecule has 34 heavy (non-hydrogen) atoms. The molecule has 2 N–H and O–H groups in total.